The molecule has 0 bridgehead atoms. The number of hydrogen-bond acceptors (Lipinski definition) is 4. The largest absolute Gasteiger partial charge is 0.264 e. The summed E-state index contributed by atoms with van der Waals surface area (Å²) in [7, 11) is 0. The quantitative estimate of drug-likeness (QED) is 0.740. The molecule has 0 unspecified atom stereocenters. The molecule has 21 heavy (non-hydrogen) atoms. The van der Waals surface area contributed by atoms with Crippen LogP contribution in [0.25, 0.3) is 11.4 Å². The third-order valence-corrected chi connectivity index (χ3v) is 3.88. The number of tetrazole rings is 1. The first-order valence-electron chi connectivity index (χ1n) is 6.35. The van der Waals surface area contributed by atoms with Crippen LogP contribution in [0, 0.1) is 0 Å². The first-order valence-corrected chi connectivity index (χ1v) is 7.11. The standard InChI is InChI=1S/C14H11Cl2N5/c15-12-5-1-4-11(13(12)16)14-18-19-20-21(14)8-6-10-3-2-7-17-9-10/h1-5,7,9H,6,8H2. The first-order chi connectivity index (χ1) is 10.3. The van der Waals surface area contributed by atoms with E-state index in [0.717, 1.165) is 17.5 Å². The van der Waals surface area contributed by atoms with Crippen molar-refractivity contribution in [2.24, 2.45) is 0 Å². The number of halogens is 2. The highest BCUT2D eigenvalue weighted by Crippen LogP contribution is 2.31. The Morgan fingerprint density at radius 2 is 2.00 bits per heavy atom. The van der Waals surface area contributed by atoms with Gasteiger partial charge in [-0.3, -0.25) is 4.98 Å². The lowest BCUT2D eigenvalue weighted by atomic mass is 10.2. The molecule has 2 aromatic heterocycles. The molecule has 0 aliphatic heterocycles. The zero-order valence-corrected chi connectivity index (χ0v) is 12.5. The highest BCUT2D eigenvalue weighted by molar-refractivity contribution is 6.43. The Balaban J connectivity index is 1.86. The van der Waals surface area contributed by atoms with Gasteiger partial charge in [-0.05, 0) is 40.6 Å². The van der Waals surface area contributed by atoms with E-state index < -0.39 is 0 Å². The number of nitrogens with zero attached hydrogens (tertiary/aromatic N) is 5. The second kappa shape index (κ2) is 6.20. The van der Waals surface area contributed by atoms with Crippen molar-refractivity contribution in [3.05, 3.63) is 58.3 Å². The van der Waals surface area contributed by atoms with Crippen molar-refractivity contribution in [2.75, 3.05) is 0 Å². The second-order valence-electron chi connectivity index (χ2n) is 4.44. The Bertz CT molecular complexity index is 742. The molecule has 0 amide bonds. The fraction of sp³-hybridized carbons (Fsp3) is 0.143. The Morgan fingerprint density at radius 3 is 2.81 bits per heavy atom. The van der Waals surface area contributed by atoms with E-state index >= 15 is 0 Å². The number of hydrogen-bond donors (Lipinski definition) is 0. The van der Waals surface area contributed by atoms with Gasteiger partial charge >= 0.3 is 0 Å². The van der Waals surface area contributed by atoms with E-state index in [1.54, 1.807) is 16.9 Å². The van der Waals surface area contributed by atoms with Crippen LogP contribution >= 0.6 is 23.2 Å². The third-order valence-electron chi connectivity index (χ3n) is 3.06. The Kier molecular flexibility index (Phi) is 4.13. The van der Waals surface area contributed by atoms with Crippen LogP contribution < -0.4 is 0 Å². The van der Waals surface area contributed by atoms with Crippen molar-refractivity contribution in [3.63, 3.8) is 0 Å². The van der Waals surface area contributed by atoms with E-state index in [4.69, 9.17) is 23.2 Å². The van der Waals surface area contributed by atoms with Gasteiger partial charge in [-0.2, -0.15) is 0 Å². The van der Waals surface area contributed by atoms with E-state index in [1.807, 2.05) is 30.5 Å². The summed E-state index contributed by atoms with van der Waals surface area (Å²) >= 11 is 12.3. The monoisotopic (exact) mass is 319 g/mol. The number of rotatable bonds is 4. The predicted octanol–water partition coefficient (Wildman–Crippen LogP) is 3.28. The minimum Gasteiger partial charge on any atom is -0.264 e. The Labute approximate surface area is 131 Å². The number of aryl methyl sites for hydroxylation is 2. The van der Waals surface area contributed by atoms with Gasteiger partial charge in [0, 0.05) is 24.5 Å². The first kappa shape index (κ1) is 14.0. The molecular weight excluding hydrogens is 309 g/mol. The minimum absolute atomic E-state index is 0.455. The van der Waals surface area contributed by atoms with Crippen LogP contribution in [0.15, 0.2) is 42.7 Å². The fourth-order valence-corrected chi connectivity index (χ4v) is 2.39. The summed E-state index contributed by atoms with van der Waals surface area (Å²) in [6.07, 6.45) is 4.36. The third kappa shape index (κ3) is 3.04. The molecule has 7 heteroatoms. The molecule has 0 aliphatic rings. The van der Waals surface area contributed by atoms with Crippen LogP contribution in [0.2, 0.25) is 10.0 Å². The molecule has 5 nitrogen and oxygen atoms in total. The minimum atomic E-state index is 0.455. The van der Waals surface area contributed by atoms with Crippen molar-refractivity contribution < 1.29 is 0 Å². The van der Waals surface area contributed by atoms with Crippen molar-refractivity contribution in [2.45, 2.75) is 13.0 Å². The fourth-order valence-electron chi connectivity index (χ4n) is 2.01. The molecule has 0 fully saturated rings. The van der Waals surface area contributed by atoms with Gasteiger partial charge in [0.05, 0.1) is 10.0 Å². The molecule has 0 saturated carbocycles. The van der Waals surface area contributed by atoms with Crippen LogP contribution in [-0.4, -0.2) is 25.2 Å². The summed E-state index contributed by atoms with van der Waals surface area (Å²) in [5.74, 6) is 0.603. The maximum Gasteiger partial charge on any atom is 0.183 e. The van der Waals surface area contributed by atoms with E-state index in [0.29, 0.717) is 22.4 Å². The summed E-state index contributed by atoms with van der Waals surface area (Å²) in [6.45, 7) is 0.636. The normalized spacial score (nSPS) is 10.8. The molecule has 106 valence electrons. The van der Waals surface area contributed by atoms with Gasteiger partial charge in [0.15, 0.2) is 5.82 Å². The zero-order valence-electron chi connectivity index (χ0n) is 10.9. The van der Waals surface area contributed by atoms with Gasteiger partial charge in [-0.25, -0.2) is 4.68 Å². The molecular formula is C14H11Cl2N5. The number of benzene rings is 1. The molecule has 0 saturated heterocycles. The molecule has 0 N–H and O–H groups in total. The van der Waals surface area contributed by atoms with Gasteiger partial charge in [0.2, 0.25) is 0 Å². The van der Waals surface area contributed by atoms with Crippen molar-refractivity contribution in [1.82, 2.24) is 25.2 Å². The van der Waals surface area contributed by atoms with E-state index in [1.165, 1.54) is 0 Å². The molecule has 0 atom stereocenters. The summed E-state index contributed by atoms with van der Waals surface area (Å²) in [6, 6.07) is 9.33. The summed E-state index contributed by atoms with van der Waals surface area (Å²) in [4.78, 5) is 4.09. The maximum atomic E-state index is 6.22. The average Bonchev–Trinajstić information content (AvgIpc) is 2.97. The topological polar surface area (TPSA) is 56.5 Å². The molecule has 0 radical (unpaired) electrons. The van der Waals surface area contributed by atoms with Crippen LogP contribution in [0.3, 0.4) is 0 Å². The number of aromatic nitrogens is 5. The lowest BCUT2D eigenvalue weighted by Crippen LogP contribution is -2.06. The van der Waals surface area contributed by atoms with E-state index in [-0.39, 0.29) is 0 Å². The molecule has 0 aliphatic carbocycles. The highest BCUT2D eigenvalue weighted by atomic mass is 35.5. The highest BCUT2D eigenvalue weighted by Gasteiger charge is 2.14. The van der Waals surface area contributed by atoms with E-state index in [9.17, 15) is 0 Å². The SMILES string of the molecule is Clc1cccc(-c2nnnn2CCc2cccnc2)c1Cl. The summed E-state index contributed by atoms with van der Waals surface area (Å²) < 4.78 is 1.71. The lowest BCUT2D eigenvalue weighted by molar-refractivity contribution is 0.593. The molecule has 1 aromatic carbocycles. The number of pyridine rings is 1. The molecule has 3 rings (SSSR count). The van der Waals surface area contributed by atoms with Gasteiger partial charge < -0.3 is 0 Å². The second-order valence-corrected chi connectivity index (χ2v) is 5.22. The summed E-state index contributed by atoms with van der Waals surface area (Å²) in [5.41, 5.74) is 1.84. The van der Waals surface area contributed by atoms with Crippen LogP contribution in [-0.2, 0) is 13.0 Å². The zero-order chi connectivity index (χ0) is 14.7. The average molecular weight is 320 g/mol. The van der Waals surface area contributed by atoms with Crippen LogP contribution in [0.1, 0.15) is 5.56 Å². The molecule has 3 aromatic rings. The maximum absolute atomic E-state index is 6.22. The lowest BCUT2D eigenvalue weighted by Gasteiger charge is -2.07. The van der Waals surface area contributed by atoms with Gasteiger partial charge in [0.25, 0.3) is 0 Å². The van der Waals surface area contributed by atoms with Crippen LogP contribution in [0.4, 0.5) is 0 Å². The molecule has 2 heterocycles. The summed E-state index contributed by atoms with van der Waals surface area (Å²) in [5, 5.41) is 12.7. The van der Waals surface area contributed by atoms with Crippen molar-refractivity contribution in [3.8, 4) is 11.4 Å². The molecule has 0 spiro atoms. The van der Waals surface area contributed by atoms with Gasteiger partial charge in [-0.1, -0.05) is 35.3 Å². The Hall–Kier alpha value is -1.98. The van der Waals surface area contributed by atoms with Crippen molar-refractivity contribution >= 4 is 23.2 Å². The smallest absolute Gasteiger partial charge is 0.183 e. The van der Waals surface area contributed by atoms with Crippen molar-refractivity contribution in [1.29, 1.82) is 0 Å². The predicted molar refractivity (Wildman–Crippen MR) is 81.2 cm³/mol. The van der Waals surface area contributed by atoms with E-state index in [2.05, 4.69) is 20.5 Å². The van der Waals surface area contributed by atoms with Crippen LogP contribution in [0.5, 0.6) is 0 Å². The Morgan fingerprint density at radius 1 is 1.10 bits per heavy atom. The van der Waals surface area contributed by atoms with Gasteiger partial charge in [0.1, 0.15) is 0 Å². The van der Waals surface area contributed by atoms with Gasteiger partial charge in [-0.15, -0.1) is 5.10 Å².